The van der Waals surface area contributed by atoms with Crippen LogP contribution >= 0.6 is 22.6 Å². The molecule has 0 N–H and O–H groups in total. The van der Waals surface area contributed by atoms with Crippen molar-refractivity contribution < 1.29 is 23.8 Å². The van der Waals surface area contributed by atoms with Crippen LogP contribution in [0.4, 0.5) is 0 Å². The van der Waals surface area contributed by atoms with Gasteiger partial charge in [-0.2, -0.15) is 0 Å². The lowest BCUT2D eigenvalue weighted by Crippen LogP contribution is -2.40. The lowest BCUT2D eigenvalue weighted by Gasteiger charge is -2.44. The summed E-state index contributed by atoms with van der Waals surface area (Å²) in [6.07, 6.45) is 4.43. The second kappa shape index (κ2) is 10.6. The molecule has 7 heteroatoms. The zero-order chi connectivity index (χ0) is 23.5. The predicted octanol–water partition coefficient (Wildman–Crippen LogP) is 5.15. The fourth-order valence-corrected chi connectivity index (χ4v) is 6.09. The van der Waals surface area contributed by atoms with Gasteiger partial charge in [0.1, 0.15) is 0 Å². The maximum absolute atomic E-state index is 13.4. The third-order valence-corrected chi connectivity index (χ3v) is 7.36. The minimum Gasteiger partial charge on any atom is -0.490 e. The zero-order valence-corrected chi connectivity index (χ0v) is 21.8. The van der Waals surface area contributed by atoms with E-state index in [4.69, 9.17) is 14.2 Å². The number of hydrogen-bond donors (Lipinski definition) is 0. The molecule has 0 saturated heterocycles. The number of hydrogen-bond acceptors (Lipinski definition) is 6. The maximum atomic E-state index is 13.4. The summed E-state index contributed by atoms with van der Waals surface area (Å²) in [5.41, 5.74) is 4.65. The molecule has 0 fully saturated rings. The third kappa shape index (κ3) is 4.58. The van der Waals surface area contributed by atoms with Crippen LogP contribution in [0.25, 0.3) is 0 Å². The molecule has 0 radical (unpaired) electrons. The minimum atomic E-state index is -0.349. The lowest BCUT2D eigenvalue weighted by atomic mass is 9.71. The van der Waals surface area contributed by atoms with Gasteiger partial charge in [-0.3, -0.25) is 9.59 Å². The number of methoxy groups -OCH3 is 1. The first kappa shape index (κ1) is 24.3. The number of carbonyl (C=O) groups is 2. The highest BCUT2D eigenvalue weighted by Crippen LogP contribution is 2.50. The Morgan fingerprint density at radius 1 is 0.939 bits per heavy atom. The summed E-state index contributed by atoms with van der Waals surface area (Å²) in [6, 6.07) is 4.04. The lowest BCUT2D eigenvalue weighted by molar-refractivity contribution is -0.117. The van der Waals surface area contributed by atoms with Gasteiger partial charge in [0.05, 0.1) is 23.4 Å². The van der Waals surface area contributed by atoms with E-state index in [9.17, 15) is 9.59 Å². The fourth-order valence-electron chi connectivity index (χ4n) is 5.30. The minimum absolute atomic E-state index is 0.149. The SMILES string of the molecule is CCOc1cc(C2C3=C(CCCC3=O)N(CCOC)C3=C2C(=O)CCC3)cc(I)c1OCC. The van der Waals surface area contributed by atoms with Crippen molar-refractivity contribution in [1.29, 1.82) is 0 Å². The van der Waals surface area contributed by atoms with Crippen molar-refractivity contribution >= 4 is 34.2 Å². The van der Waals surface area contributed by atoms with Gasteiger partial charge in [0.25, 0.3) is 0 Å². The highest BCUT2D eigenvalue weighted by molar-refractivity contribution is 14.1. The van der Waals surface area contributed by atoms with Crippen LogP contribution < -0.4 is 9.47 Å². The summed E-state index contributed by atoms with van der Waals surface area (Å²) >= 11 is 2.27. The average molecular weight is 565 g/mol. The Bertz CT molecular complexity index is 968. The Morgan fingerprint density at radius 3 is 2.09 bits per heavy atom. The average Bonchev–Trinajstić information content (AvgIpc) is 2.80. The Labute approximate surface area is 209 Å². The van der Waals surface area contributed by atoms with Crippen molar-refractivity contribution in [1.82, 2.24) is 4.90 Å². The number of benzene rings is 1. The molecule has 1 aromatic rings. The monoisotopic (exact) mass is 565 g/mol. The van der Waals surface area contributed by atoms with Crippen molar-refractivity contribution in [2.45, 2.75) is 58.3 Å². The number of ether oxygens (including phenoxy) is 3. The molecular weight excluding hydrogens is 533 g/mol. The van der Waals surface area contributed by atoms with Crippen LogP contribution in [0, 0.1) is 3.57 Å². The standard InChI is InChI=1S/C26H32INO5/c1-4-32-22-15-16(14-17(27)26(22)33-5-2)23-24-18(8-6-10-20(24)29)28(12-13-31-3)19-9-7-11-21(30)25(19)23/h14-15,23H,4-13H2,1-3H3. The fraction of sp³-hybridized carbons (Fsp3) is 0.538. The van der Waals surface area contributed by atoms with Gasteiger partial charge in [-0.1, -0.05) is 0 Å². The number of halogens is 1. The molecule has 33 heavy (non-hydrogen) atoms. The normalized spacial score (nSPS) is 19.1. The van der Waals surface area contributed by atoms with Gasteiger partial charge >= 0.3 is 0 Å². The molecule has 0 atom stereocenters. The molecule has 3 aliphatic rings. The summed E-state index contributed by atoms with van der Waals surface area (Å²) in [5, 5.41) is 0. The summed E-state index contributed by atoms with van der Waals surface area (Å²) in [7, 11) is 1.69. The Kier molecular flexibility index (Phi) is 7.79. The number of ketones is 2. The summed E-state index contributed by atoms with van der Waals surface area (Å²) in [5.74, 6) is 1.33. The van der Waals surface area contributed by atoms with Crippen LogP contribution in [0.3, 0.4) is 0 Å². The smallest absolute Gasteiger partial charge is 0.174 e. The van der Waals surface area contributed by atoms with Gasteiger partial charge in [-0.05, 0) is 79.8 Å². The summed E-state index contributed by atoms with van der Waals surface area (Å²) < 4.78 is 18.1. The van der Waals surface area contributed by atoms with E-state index in [1.165, 1.54) is 0 Å². The number of rotatable bonds is 8. The van der Waals surface area contributed by atoms with Crippen molar-refractivity contribution in [3.8, 4) is 11.5 Å². The van der Waals surface area contributed by atoms with Crippen LogP contribution in [-0.2, 0) is 14.3 Å². The summed E-state index contributed by atoms with van der Waals surface area (Å²) in [4.78, 5) is 29.0. The van der Waals surface area contributed by atoms with Crippen molar-refractivity contribution in [2.75, 3.05) is 33.5 Å². The Balaban J connectivity index is 1.93. The van der Waals surface area contributed by atoms with Gasteiger partial charge in [-0.25, -0.2) is 0 Å². The van der Waals surface area contributed by atoms with E-state index in [1.54, 1.807) is 7.11 Å². The van der Waals surface area contributed by atoms with Gasteiger partial charge in [-0.15, -0.1) is 0 Å². The van der Waals surface area contributed by atoms with E-state index in [0.717, 1.165) is 63.1 Å². The van der Waals surface area contributed by atoms with Crippen molar-refractivity contribution in [3.63, 3.8) is 0 Å². The summed E-state index contributed by atoms with van der Waals surface area (Å²) in [6.45, 7) is 6.15. The molecule has 0 aromatic heterocycles. The largest absolute Gasteiger partial charge is 0.490 e. The Hall–Kier alpha value is -1.87. The van der Waals surface area contributed by atoms with Crippen molar-refractivity contribution in [3.05, 3.63) is 43.8 Å². The first-order valence-electron chi connectivity index (χ1n) is 11.9. The number of allylic oxidation sites excluding steroid dienone is 4. The van der Waals surface area contributed by atoms with Crippen molar-refractivity contribution in [2.24, 2.45) is 0 Å². The maximum Gasteiger partial charge on any atom is 0.174 e. The second-order valence-corrected chi connectivity index (χ2v) is 9.71. The molecule has 1 aromatic carbocycles. The second-order valence-electron chi connectivity index (χ2n) is 8.55. The molecule has 4 rings (SSSR count). The number of carbonyl (C=O) groups excluding carboxylic acids is 2. The first-order chi connectivity index (χ1) is 16.0. The van der Waals surface area contributed by atoms with Crippen LogP contribution in [0.5, 0.6) is 11.5 Å². The van der Waals surface area contributed by atoms with Crippen LogP contribution in [0.1, 0.15) is 63.9 Å². The molecule has 6 nitrogen and oxygen atoms in total. The van der Waals surface area contributed by atoms with E-state index in [2.05, 4.69) is 33.6 Å². The third-order valence-electron chi connectivity index (χ3n) is 6.56. The van der Waals surface area contributed by atoms with E-state index in [1.807, 2.05) is 19.9 Å². The predicted molar refractivity (Wildman–Crippen MR) is 135 cm³/mol. The van der Waals surface area contributed by atoms with Gasteiger partial charge in [0, 0.05) is 55.0 Å². The van der Waals surface area contributed by atoms with Gasteiger partial charge < -0.3 is 19.1 Å². The Morgan fingerprint density at radius 2 is 1.55 bits per heavy atom. The highest BCUT2D eigenvalue weighted by atomic mass is 127. The number of Topliss-reactive ketones (excluding diaryl/α,β-unsaturated/α-hetero) is 2. The van der Waals surface area contributed by atoms with Crippen LogP contribution in [0.2, 0.25) is 0 Å². The molecule has 2 aliphatic carbocycles. The molecule has 0 spiro atoms. The van der Waals surface area contributed by atoms with E-state index in [-0.39, 0.29) is 17.5 Å². The molecule has 0 bridgehead atoms. The van der Waals surface area contributed by atoms with E-state index >= 15 is 0 Å². The highest BCUT2D eigenvalue weighted by Gasteiger charge is 2.43. The quantitative estimate of drug-likeness (QED) is 0.407. The topological polar surface area (TPSA) is 65.1 Å². The van der Waals surface area contributed by atoms with Crippen LogP contribution in [0.15, 0.2) is 34.7 Å². The van der Waals surface area contributed by atoms with Crippen LogP contribution in [-0.4, -0.2) is 49.9 Å². The van der Waals surface area contributed by atoms with E-state index < -0.39 is 0 Å². The van der Waals surface area contributed by atoms with E-state index in [0.29, 0.717) is 45.0 Å². The number of nitrogens with zero attached hydrogens (tertiary/aromatic N) is 1. The molecule has 0 unspecified atom stereocenters. The van der Waals surface area contributed by atoms with Gasteiger partial charge in [0.2, 0.25) is 0 Å². The molecule has 0 amide bonds. The molecule has 178 valence electrons. The molecule has 1 heterocycles. The molecule has 1 aliphatic heterocycles. The van der Waals surface area contributed by atoms with Gasteiger partial charge in [0.15, 0.2) is 23.1 Å². The first-order valence-corrected chi connectivity index (χ1v) is 13.0. The molecular formula is C26H32INO5. The zero-order valence-electron chi connectivity index (χ0n) is 19.7. The molecule has 0 saturated carbocycles.